The molecule has 0 unspecified atom stereocenters. The summed E-state index contributed by atoms with van der Waals surface area (Å²) in [5.74, 6) is 1.75. The third-order valence-electron chi connectivity index (χ3n) is 3.74. The summed E-state index contributed by atoms with van der Waals surface area (Å²) in [6.45, 7) is 2.47. The Morgan fingerprint density at radius 2 is 1.85 bits per heavy atom. The number of amidine groups is 1. The molecule has 1 N–H and O–H groups in total. The molecule has 1 aliphatic rings. The summed E-state index contributed by atoms with van der Waals surface area (Å²) in [7, 11) is 3.17. The number of amides is 1. The number of aliphatic imine (C=N–C) groups is 1. The summed E-state index contributed by atoms with van der Waals surface area (Å²) < 4.78 is 16.2. The van der Waals surface area contributed by atoms with Crippen LogP contribution in [-0.2, 0) is 4.79 Å². The first-order chi connectivity index (χ1) is 13.1. The second-order valence-electron chi connectivity index (χ2n) is 5.50. The minimum atomic E-state index is -0.193. The molecule has 27 heavy (non-hydrogen) atoms. The molecule has 0 aromatic heterocycles. The molecule has 1 saturated heterocycles. The second-order valence-corrected chi connectivity index (χ2v) is 6.53. The zero-order valence-corrected chi connectivity index (χ0v) is 16.1. The number of carbonyl (C=O) groups excluding carboxylic acids is 1. The number of thioether (sulfide) groups is 1. The summed E-state index contributed by atoms with van der Waals surface area (Å²) in [6, 6.07) is 12.9. The third kappa shape index (κ3) is 4.43. The molecule has 0 radical (unpaired) electrons. The van der Waals surface area contributed by atoms with E-state index in [-0.39, 0.29) is 5.91 Å². The lowest BCUT2D eigenvalue weighted by atomic mass is 10.2. The summed E-state index contributed by atoms with van der Waals surface area (Å²) in [4.78, 5) is 17.3. The number of methoxy groups -OCH3 is 2. The van der Waals surface area contributed by atoms with Gasteiger partial charge in [-0.15, -0.1) is 0 Å². The highest BCUT2D eigenvalue weighted by atomic mass is 32.2. The van der Waals surface area contributed by atoms with Gasteiger partial charge in [-0.25, -0.2) is 4.99 Å². The number of para-hydroxylation sites is 2. The van der Waals surface area contributed by atoms with Crippen LogP contribution in [0.5, 0.6) is 17.2 Å². The van der Waals surface area contributed by atoms with Crippen molar-refractivity contribution in [1.29, 1.82) is 0 Å². The smallest absolute Gasteiger partial charge is 0.264 e. The number of hydrogen-bond acceptors (Lipinski definition) is 6. The van der Waals surface area contributed by atoms with Crippen LogP contribution in [-0.4, -0.2) is 31.9 Å². The molecular formula is C20H20N2O4S. The first-order valence-electron chi connectivity index (χ1n) is 8.38. The average molecular weight is 384 g/mol. The van der Waals surface area contributed by atoms with Crippen LogP contribution in [0.4, 0.5) is 5.69 Å². The monoisotopic (exact) mass is 384 g/mol. The largest absolute Gasteiger partial charge is 0.494 e. The Bertz CT molecular complexity index is 909. The van der Waals surface area contributed by atoms with Crippen LogP contribution in [0.3, 0.4) is 0 Å². The highest BCUT2D eigenvalue weighted by Crippen LogP contribution is 2.33. The van der Waals surface area contributed by atoms with Crippen LogP contribution >= 0.6 is 11.8 Å². The molecule has 1 fully saturated rings. The van der Waals surface area contributed by atoms with Crippen LogP contribution in [0.2, 0.25) is 0 Å². The van der Waals surface area contributed by atoms with Crippen molar-refractivity contribution in [2.75, 3.05) is 20.8 Å². The zero-order valence-electron chi connectivity index (χ0n) is 15.3. The fourth-order valence-corrected chi connectivity index (χ4v) is 3.35. The van der Waals surface area contributed by atoms with Crippen molar-refractivity contribution in [3.05, 3.63) is 52.9 Å². The number of carbonyl (C=O) groups is 1. The highest BCUT2D eigenvalue weighted by molar-refractivity contribution is 8.18. The first-order valence-corrected chi connectivity index (χ1v) is 9.19. The van der Waals surface area contributed by atoms with Gasteiger partial charge in [-0.1, -0.05) is 18.2 Å². The molecule has 0 bridgehead atoms. The molecule has 2 aromatic rings. The van der Waals surface area contributed by atoms with Gasteiger partial charge in [0.05, 0.1) is 25.7 Å². The fraction of sp³-hybridized carbons (Fsp3) is 0.200. The van der Waals surface area contributed by atoms with Gasteiger partial charge in [-0.3, -0.25) is 4.79 Å². The molecule has 0 spiro atoms. The summed E-state index contributed by atoms with van der Waals surface area (Å²) in [5, 5.41) is 3.29. The molecule has 7 heteroatoms. The second kappa shape index (κ2) is 8.64. The quantitative estimate of drug-likeness (QED) is 0.763. The molecule has 140 valence electrons. The van der Waals surface area contributed by atoms with E-state index in [1.165, 1.54) is 11.8 Å². The lowest BCUT2D eigenvalue weighted by molar-refractivity contribution is -0.115. The zero-order chi connectivity index (χ0) is 19.2. The predicted octanol–water partition coefficient (Wildman–Crippen LogP) is 3.99. The van der Waals surface area contributed by atoms with Crippen molar-refractivity contribution in [3.8, 4) is 17.2 Å². The van der Waals surface area contributed by atoms with Crippen molar-refractivity contribution in [1.82, 2.24) is 5.32 Å². The summed E-state index contributed by atoms with van der Waals surface area (Å²) in [5.41, 5.74) is 1.50. The Labute approximate surface area is 162 Å². The van der Waals surface area contributed by atoms with Crippen LogP contribution in [0.15, 0.2) is 52.4 Å². The maximum absolute atomic E-state index is 12.3. The van der Waals surface area contributed by atoms with E-state index in [0.717, 1.165) is 5.56 Å². The number of nitrogens with one attached hydrogen (secondary N) is 1. The van der Waals surface area contributed by atoms with Gasteiger partial charge in [-0.2, -0.15) is 0 Å². The van der Waals surface area contributed by atoms with Gasteiger partial charge in [0.1, 0.15) is 11.4 Å². The van der Waals surface area contributed by atoms with Crippen molar-refractivity contribution >= 4 is 34.6 Å². The predicted molar refractivity (Wildman–Crippen MR) is 108 cm³/mol. The van der Waals surface area contributed by atoms with Crippen LogP contribution in [0, 0.1) is 0 Å². The van der Waals surface area contributed by atoms with Crippen molar-refractivity contribution in [3.63, 3.8) is 0 Å². The van der Waals surface area contributed by atoms with Crippen LogP contribution in [0.1, 0.15) is 12.5 Å². The van der Waals surface area contributed by atoms with E-state index < -0.39 is 0 Å². The number of nitrogens with zero attached hydrogens (tertiary/aromatic N) is 1. The molecule has 0 atom stereocenters. The van der Waals surface area contributed by atoms with Crippen molar-refractivity contribution in [2.45, 2.75) is 6.92 Å². The normalized spacial score (nSPS) is 16.5. The number of benzene rings is 2. The Morgan fingerprint density at radius 3 is 2.59 bits per heavy atom. The number of ether oxygens (including phenoxy) is 3. The molecule has 1 amide bonds. The SMILES string of the molecule is CCOc1ccc(/C=C2\SC(=Nc3ccccc3OC)NC2=O)cc1OC. The molecule has 0 aliphatic carbocycles. The molecule has 0 saturated carbocycles. The number of rotatable bonds is 6. The lowest BCUT2D eigenvalue weighted by Crippen LogP contribution is -2.19. The standard InChI is InChI=1S/C20H20N2O4S/c1-4-26-16-10-9-13(11-17(16)25-3)12-18-19(23)22-20(27-18)21-14-7-5-6-8-15(14)24-2/h5-12H,4H2,1-3H3,(H,21,22,23)/b18-12-. The molecule has 1 heterocycles. The van der Waals surface area contributed by atoms with Gasteiger partial charge in [0, 0.05) is 0 Å². The minimum absolute atomic E-state index is 0.193. The fourth-order valence-electron chi connectivity index (χ4n) is 2.51. The Morgan fingerprint density at radius 1 is 1.07 bits per heavy atom. The average Bonchev–Trinajstić information content (AvgIpc) is 3.02. The van der Waals surface area contributed by atoms with Gasteiger partial charge < -0.3 is 19.5 Å². The third-order valence-corrected chi connectivity index (χ3v) is 4.65. The van der Waals surface area contributed by atoms with Gasteiger partial charge in [0.25, 0.3) is 5.91 Å². The maximum Gasteiger partial charge on any atom is 0.264 e. The molecule has 3 rings (SSSR count). The first kappa shape index (κ1) is 18.8. The number of hydrogen-bond donors (Lipinski definition) is 1. The van der Waals surface area contributed by atoms with Crippen LogP contribution < -0.4 is 19.5 Å². The molecule has 1 aliphatic heterocycles. The topological polar surface area (TPSA) is 69.2 Å². The van der Waals surface area contributed by atoms with Gasteiger partial charge >= 0.3 is 0 Å². The van der Waals surface area contributed by atoms with E-state index in [1.807, 2.05) is 49.4 Å². The molecule has 2 aromatic carbocycles. The Hall–Kier alpha value is -2.93. The summed E-state index contributed by atoms with van der Waals surface area (Å²) >= 11 is 1.28. The van der Waals surface area contributed by atoms with Gasteiger partial charge in [-0.05, 0) is 54.6 Å². The summed E-state index contributed by atoms with van der Waals surface area (Å²) in [6.07, 6.45) is 1.79. The van der Waals surface area contributed by atoms with E-state index in [4.69, 9.17) is 14.2 Å². The van der Waals surface area contributed by atoms with E-state index in [9.17, 15) is 4.79 Å². The van der Waals surface area contributed by atoms with Crippen molar-refractivity contribution in [2.24, 2.45) is 4.99 Å². The van der Waals surface area contributed by atoms with E-state index in [2.05, 4.69) is 10.3 Å². The minimum Gasteiger partial charge on any atom is -0.494 e. The van der Waals surface area contributed by atoms with Gasteiger partial charge in [0.15, 0.2) is 16.7 Å². The Kier molecular flexibility index (Phi) is 6.03. The molecule has 6 nitrogen and oxygen atoms in total. The Balaban J connectivity index is 1.84. The highest BCUT2D eigenvalue weighted by Gasteiger charge is 2.24. The van der Waals surface area contributed by atoms with Crippen LogP contribution in [0.25, 0.3) is 6.08 Å². The van der Waals surface area contributed by atoms with Gasteiger partial charge in [0.2, 0.25) is 0 Å². The maximum atomic E-state index is 12.3. The lowest BCUT2D eigenvalue weighted by Gasteiger charge is -2.09. The van der Waals surface area contributed by atoms with E-state index >= 15 is 0 Å². The van der Waals surface area contributed by atoms with E-state index in [0.29, 0.717) is 39.6 Å². The van der Waals surface area contributed by atoms with E-state index in [1.54, 1.807) is 20.3 Å². The van der Waals surface area contributed by atoms with Crippen molar-refractivity contribution < 1.29 is 19.0 Å². The molecular weight excluding hydrogens is 364 g/mol.